The van der Waals surface area contributed by atoms with E-state index in [1.165, 1.54) is 148 Å². The van der Waals surface area contributed by atoms with Gasteiger partial charge in [0.15, 0.2) is 0 Å². The average Bonchev–Trinajstić information content (AvgIpc) is 2.76. The Bertz CT molecular complexity index is 529. The van der Waals surface area contributed by atoms with Gasteiger partial charge in [0.05, 0.1) is 13.1 Å². The first-order chi connectivity index (χ1) is 13.7. The molecule has 15 aliphatic rings. The van der Waals surface area contributed by atoms with Crippen LogP contribution in [0.5, 0.6) is 0 Å². The predicted molar refractivity (Wildman–Crippen MR) is 114 cm³/mol. The third-order valence-corrected chi connectivity index (χ3v) is 9.76. The Hall–Kier alpha value is -0.600. The first-order valence-corrected chi connectivity index (χ1v) is 12.5. The van der Waals surface area contributed by atoms with Crippen LogP contribution in [0.3, 0.4) is 0 Å². The number of hydrogen-bond donors (Lipinski definition) is 0. The van der Waals surface area contributed by atoms with Crippen molar-refractivity contribution >= 4 is 0 Å². The SMILES string of the molecule is C1#CC[N+]23CC[N+](CCCCCCCC[N+]45CC[N+](C1)(CC4)CC5)(CC2)CC3. The standard InChI is InChI=1S/C24H44N4/c1-2-4-6-10-26-16-22-28(23-17-26,24-18-26)12-8-7-11-27-19-13-25(14-20-27,15-21-27)9-5-3-1/h1-6,9-24H2/q+4. The summed E-state index contributed by atoms with van der Waals surface area (Å²) in [7, 11) is 0. The molecule has 15 aliphatic heterocycles. The van der Waals surface area contributed by atoms with Gasteiger partial charge in [0.2, 0.25) is 0 Å². The minimum absolute atomic E-state index is 1.14. The molecule has 0 radical (unpaired) electrons. The highest BCUT2D eigenvalue weighted by molar-refractivity contribution is 5.00. The molecule has 0 unspecified atom stereocenters. The topological polar surface area (TPSA) is 0 Å². The maximum Gasteiger partial charge on any atom is 0.141 e. The Labute approximate surface area is 173 Å². The van der Waals surface area contributed by atoms with Crippen molar-refractivity contribution in [3.05, 3.63) is 0 Å². The summed E-state index contributed by atoms with van der Waals surface area (Å²) in [6.07, 6.45) is 8.86. The quantitative estimate of drug-likeness (QED) is 0.437. The van der Waals surface area contributed by atoms with E-state index in [9.17, 15) is 0 Å². The van der Waals surface area contributed by atoms with E-state index in [0.29, 0.717) is 0 Å². The fourth-order valence-corrected chi connectivity index (χ4v) is 7.08. The van der Waals surface area contributed by atoms with E-state index in [2.05, 4.69) is 11.8 Å². The van der Waals surface area contributed by atoms with Crippen LogP contribution in [-0.2, 0) is 0 Å². The normalized spacial score (nSPS) is 46.9. The van der Waals surface area contributed by atoms with Crippen LogP contribution in [0.25, 0.3) is 0 Å². The maximum absolute atomic E-state index is 3.70. The Balaban J connectivity index is 1.27. The maximum atomic E-state index is 3.70. The smallest absolute Gasteiger partial charge is 0.141 e. The van der Waals surface area contributed by atoms with Crippen LogP contribution in [-0.4, -0.2) is 123 Å². The van der Waals surface area contributed by atoms with Gasteiger partial charge in [-0.1, -0.05) is 12.8 Å². The van der Waals surface area contributed by atoms with Gasteiger partial charge in [0, 0.05) is 0 Å². The van der Waals surface area contributed by atoms with Crippen molar-refractivity contribution in [2.45, 2.75) is 38.5 Å². The van der Waals surface area contributed by atoms with Gasteiger partial charge < -0.3 is 8.97 Å². The molecule has 0 aliphatic carbocycles. The minimum atomic E-state index is 1.14. The van der Waals surface area contributed by atoms with Crippen molar-refractivity contribution in [3.63, 3.8) is 0 Å². The molecule has 4 bridgehead atoms. The lowest BCUT2D eigenvalue weighted by Gasteiger charge is -2.55. The van der Waals surface area contributed by atoms with Crippen molar-refractivity contribution in [3.8, 4) is 11.8 Å². The van der Waals surface area contributed by atoms with Gasteiger partial charge in [0.1, 0.15) is 91.6 Å². The third-order valence-electron chi connectivity index (χ3n) is 9.76. The van der Waals surface area contributed by atoms with Crippen LogP contribution >= 0.6 is 0 Å². The van der Waals surface area contributed by atoms with Crippen LogP contribution in [0.1, 0.15) is 38.5 Å². The van der Waals surface area contributed by atoms with Crippen LogP contribution in [0.2, 0.25) is 0 Å². The lowest BCUT2D eigenvalue weighted by atomic mass is 10.0. The number of piperazine rings is 6. The third kappa shape index (κ3) is 3.76. The second-order valence-corrected chi connectivity index (χ2v) is 11.3. The summed E-state index contributed by atoms with van der Waals surface area (Å²) in [5.74, 6) is 7.40. The molecule has 0 aromatic carbocycles. The summed E-state index contributed by atoms with van der Waals surface area (Å²) < 4.78 is 5.56. The zero-order valence-corrected chi connectivity index (χ0v) is 18.3. The molecular formula is C24H44N4+4. The number of hydrogen-bond acceptors (Lipinski definition) is 0. The molecule has 0 aromatic heterocycles. The van der Waals surface area contributed by atoms with E-state index in [-0.39, 0.29) is 0 Å². The molecule has 0 aromatic rings. The molecule has 15 rings (SSSR count). The van der Waals surface area contributed by atoms with E-state index >= 15 is 0 Å². The van der Waals surface area contributed by atoms with E-state index in [4.69, 9.17) is 0 Å². The Morgan fingerprint density at radius 1 is 0.286 bits per heavy atom. The van der Waals surface area contributed by atoms with E-state index in [1.807, 2.05) is 0 Å². The lowest BCUT2D eigenvalue weighted by molar-refractivity contribution is -1.08. The second kappa shape index (κ2) is 7.58. The molecule has 0 spiro atoms. The molecule has 6 fully saturated rings. The summed E-state index contributed by atoms with van der Waals surface area (Å²) in [4.78, 5) is 0. The zero-order valence-electron chi connectivity index (χ0n) is 18.3. The molecule has 156 valence electrons. The molecular weight excluding hydrogens is 344 g/mol. The largest absolute Gasteiger partial charge is 0.310 e. The summed E-state index contributed by atoms with van der Waals surface area (Å²) >= 11 is 0. The van der Waals surface area contributed by atoms with E-state index < -0.39 is 0 Å². The van der Waals surface area contributed by atoms with Gasteiger partial charge >= 0.3 is 0 Å². The van der Waals surface area contributed by atoms with Crippen LogP contribution in [0.4, 0.5) is 0 Å². The number of rotatable bonds is 0. The van der Waals surface area contributed by atoms with Crippen LogP contribution in [0.15, 0.2) is 0 Å². The fourth-order valence-electron chi connectivity index (χ4n) is 7.08. The summed E-state index contributed by atoms with van der Waals surface area (Å²) in [5.41, 5.74) is 0. The molecule has 0 N–H and O–H groups in total. The Kier molecular flexibility index (Phi) is 5.24. The zero-order chi connectivity index (χ0) is 19.0. The molecule has 0 atom stereocenters. The Morgan fingerprint density at radius 2 is 0.571 bits per heavy atom. The van der Waals surface area contributed by atoms with E-state index in [1.54, 1.807) is 0 Å². The molecule has 4 nitrogen and oxygen atoms in total. The number of nitrogens with zero attached hydrogens (tertiary/aromatic N) is 4. The van der Waals surface area contributed by atoms with Crippen molar-refractivity contribution in [2.24, 2.45) is 0 Å². The monoisotopic (exact) mass is 388 g/mol. The summed E-state index contributed by atoms with van der Waals surface area (Å²) in [5, 5.41) is 0. The minimum Gasteiger partial charge on any atom is -0.310 e. The van der Waals surface area contributed by atoms with Gasteiger partial charge in [-0.15, -0.1) is 0 Å². The molecule has 4 heteroatoms. The summed E-state index contributed by atoms with van der Waals surface area (Å²) in [6.45, 7) is 22.2. The van der Waals surface area contributed by atoms with E-state index in [0.717, 1.165) is 13.1 Å². The van der Waals surface area contributed by atoms with Gasteiger partial charge in [0.25, 0.3) is 0 Å². The first kappa shape index (κ1) is 19.4. The van der Waals surface area contributed by atoms with Crippen molar-refractivity contribution < 1.29 is 17.9 Å². The van der Waals surface area contributed by atoms with Gasteiger partial charge in [-0.05, 0) is 37.5 Å². The number of quaternary nitrogens is 4. The highest BCUT2D eigenvalue weighted by Crippen LogP contribution is 2.29. The van der Waals surface area contributed by atoms with Crippen molar-refractivity contribution in [1.29, 1.82) is 0 Å². The van der Waals surface area contributed by atoms with Crippen molar-refractivity contribution in [2.75, 3.05) is 105 Å². The first-order valence-electron chi connectivity index (χ1n) is 12.5. The highest BCUT2D eigenvalue weighted by Gasteiger charge is 2.49. The molecule has 0 amide bonds. The van der Waals surface area contributed by atoms with Gasteiger partial charge in [-0.2, -0.15) is 0 Å². The lowest BCUT2D eigenvalue weighted by Crippen LogP contribution is -2.75. The second-order valence-electron chi connectivity index (χ2n) is 11.3. The Morgan fingerprint density at radius 3 is 0.929 bits per heavy atom. The van der Waals surface area contributed by atoms with Gasteiger partial charge in [-0.3, -0.25) is 8.97 Å². The van der Waals surface area contributed by atoms with Gasteiger partial charge in [-0.25, -0.2) is 0 Å². The van der Waals surface area contributed by atoms with Crippen molar-refractivity contribution in [1.82, 2.24) is 0 Å². The molecule has 6 saturated heterocycles. The van der Waals surface area contributed by atoms with Crippen LogP contribution < -0.4 is 0 Å². The average molecular weight is 389 g/mol. The summed E-state index contributed by atoms with van der Waals surface area (Å²) in [6, 6.07) is 0. The van der Waals surface area contributed by atoms with Crippen LogP contribution in [0, 0.1) is 11.8 Å². The highest BCUT2D eigenvalue weighted by atomic mass is 15.5. The molecule has 15 heterocycles. The predicted octanol–water partition coefficient (Wildman–Crippen LogP) is 1.67. The fraction of sp³-hybridized carbons (Fsp3) is 0.917. The molecule has 0 saturated carbocycles. The molecule has 28 heavy (non-hydrogen) atoms.